The van der Waals surface area contributed by atoms with E-state index in [4.69, 9.17) is 78.5 Å². The Morgan fingerprint density at radius 3 is 1.27 bits per heavy atom. The first kappa shape index (κ1) is 100. The van der Waals surface area contributed by atoms with Crippen LogP contribution in [0.4, 0.5) is 0 Å². The van der Waals surface area contributed by atoms with E-state index in [1.807, 2.05) is 111 Å². The molecule has 36 atom stereocenters. The number of rotatable bonds is 14. The second-order valence-corrected chi connectivity index (χ2v) is 34.8. The van der Waals surface area contributed by atoms with E-state index in [1.165, 1.54) is 6.92 Å². The van der Waals surface area contributed by atoms with Gasteiger partial charge in [0.25, 0.3) is 12.9 Å². The third-order valence-electron chi connectivity index (χ3n) is 24.4. The number of esters is 2. The molecule has 0 saturated carbocycles. The zero-order valence-corrected chi connectivity index (χ0v) is 82.5. The molecule has 601 valence electrons. The summed E-state index contributed by atoms with van der Waals surface area (Å²) >= 11 is 5.41. The summed E-state index contributed by atoms with van der Waals surface area (Å²) in [5, 5.41) is 82.3. The molecule has 105 heavy (non-hydrogen) atoms. The van der Waals surface area contributed by atoms with Crippen LogP contribution in [0, 0.1) is 208 Å². The number of aliphatic hydroxyl groups excluding tert-OH is 3. The van der Waals surface area contributed by atoms with E-state index in [0.29, 0.717) is 38.6 Å². The molecule has 3 unspecified atom stereocenters. The quantitative estimate of drug-likeness (QED) is 0.0369. The molecule has 7 rings (SSSR count). The molecule has 0 aromatic carbocycles. The zero-order chi connectivity index (χ0) is 77.2. The van der Waals surface area contributed by atoms with Crippen LogP contribution in [-0.2, 0) is 85.5 Å². The summed E-state index contributed by atoms with van der Waals surface area (Å²) in [6.45, 7) is 46.4. The number of carbonyl (C=O) groups is 4. The van der Waals surface area contributed by atoms with Crippen molar-refractivity contribution in [1.29, 1.82) is 0 Å². The van der Waals surface area contributed by atoms with Gasteiger partial charge >= 0.3 is 17.2 Å². The molecule has 3 radical (unpaired) electrons. The maximum atomic E-state index is 14.2. The van der Waals surface area contributed by atoms with Crippen LogP contribution in [0.1, 0.15) is 224 Å². The molecule has 7 N–H and O–H groups in total. The molecule has 0 aliphatic carbocycles. The average molecular weight is 2160 g/mol. The predicted octanol–water partition coefficient (Wildman–Crippen LogP) is 8.79. The first-order valence-electron chi connectivity index (χ1n) is 37.7. The van der Waals surface area contributed by atoms with Crippen molar-refractivity contribution in [1.82, 2.24) is 0 Å². The predicted molar refractivity (Wildman–Crippen MR) is 378 cm³/mol. The van der Waals surface area contributed by atoms with Gasteiger partial charge in [-0.15, -0.1) is 0 Å². The minimum atomic E-state index is -1.76. The van der Waals surface area contributed by atoms with Crippen LogP contribution < -0.4 is 0 Å². The van der Waals surface area contributed by atoms with Gasteiger partial charge in [-0.3, -0.25) is 19.2 Å². The molecule has 0 amide bonds. The van der Waals surface area contributed by atoms with Crippen molar-refractivity contribution in [2.45, 2.75) is 376 Å². The number of thiocarbonyl (C=S) groups is 1. The second kappa shape index (κ2) is 41.4. The van der Waals surface area contributed by atoms with Crippen molar-refractivity contribution in [2.75, 3.05) is 0 Å². The van der Waals surface area contributed by atoms with Gasteiger partial charge in [0.2, 0.25) is 0 Å². The summed E-state index contributed by atoms with van der Waals surface area (Å²) in [4.78, 5) is 51.6. The molecular formula is C76H132Ac3O25S. The third kappa shape index (κ3) is 24.2. The molecule has 7 fully saturated rings. The fraction of sp³-hybridized carbons (Fsp3) is 0.934. The van der Waals surface area contributed by atoms with Crippen molar-refractivity contribution >= 4 is 42.3 Å². The summed E-state index contributed by atoms with van der Waals surface area (Å²) < 4.78 is 86.6. The monoisotopic (exact) mass is 2160 g/mol. The molecule has 7 aliphatic heterocycles. The van der Waals surface area contributed by atoms with Crippen molar-refractivity contribution in [3.8, 4) is 0 Å². The Balaban J connectivity index is 0.000000530. The largest absolute Gasteiger partial charge is 0.461 e. The van der Waals surface area contributed by atoms with Gasteiger partial charge in [-0.2, -0.15) is 0 Å². The van der Waals surface area contributed by atoms with Gasteiger partial charge in [0.05, 0.1) is 78.0 Å². The fourth-order valence-corrected chi connectivity index (χ4v) is 18.4. The molecule has 2 bridgehead atoms. The van der Waals surface area contributed by atoms with Crippen LogP contribution in [0.3, 0.4) is 0 Å². The van der Waals surface area contributed by atoms with Gasteiger partial charge in [0, 0.05) is 180 Å². The number of hydrogen-bond donors (Lipinski definition) is 7. The molecule has 7 heterocycles. The Morgan fingerprint density at radius 1 is 0.457 bits per heavy atom. The van der Waals surface area contributed by atoms with E-state index in [9.17, 15) is 54.9 Å². The minimum Gasteiger partial charge on any atom is -0.461 e. The van der Waals surface area contributed by atoms with E-state index in [1.54, 1.807) is 55.4 Å². The standard InChI is InChI=1S/C39H68O13.C37H64O12S.3Ac/c1-14-28-39(13,45)33(46-18-40)24(6)23(5)21(3)16-38(12,44)32(52-36-30(42)20(2)15-22(4)48-36)25(7)31(26(8)35(43)50-28)51-29-17-37(10,11)34(47-19-41)27(9)49-29;1-13-24-37(12,42)31-20(5)27(47-34(50)49-31)18(3)15-36(11,41)30(48-33-26(38)17(2)14-19(4)43-33)21(6)28(22(7)32(40)45-24)46-25-16-35(9,10)29(39)23(8)44-25;;;/h18-34,36,42,44-45H,14-17H2,1-13H3;17-31,33,38-39,41-42H,13-16H2,1-12H3;;;/t20-,21+,22+,23+,24-,25-,26+,27-,28+,29?,30+,31-,32+,33+,34-,36-,38-,39+;17-,18+,19+,20-,21-,22+,23-,24+,25?,26+,27?,28-,29-,30+,31+,33-,36-,37+;;;/m00.../s1. The summed E-state index contributed by atoms with van der Waals surface area (Å²) in [5.41, 5.74) is -7.70. The Labute approximate surface area is 738 Å². The van der Waals surface area contributed by atoms with E-state index >= 15 is 0 Å². The van der Waals surface area contributed by atoms with E-state index in [2.05, 4.69) is 0 Å². The van der Waals surface area contributed by atoms with Gasteiger partial charge in [0.15, 0.2) is 25.2 Å². The summed E-state index contributed by atoms with van der Waals surface area (Å²) in [6.07, 6.45) is -14.2. The van der Waals surface area contributed by atoms with Crippen molar-refractivity contribution in [3.63, 3.8) is 0 Å². The average Bonchev–Trinajstić information content (AvgIpc) is 0.771. The van der Waals surface area contributed by atoms with Crippen LogP contribution >= 0.6 is 12.2 Å². The maximum Gasteiger partial charge on any atom is 0.352 e. The van der Waals surface area contributed by atoms with Gasteiger partial charge in [-0.1, -0.05) is 104 Å². The molecular weight excluding hydrogens is 2030 g/mol. The zero-order valence-electron chi connectivity index (χ0n) is 67.4. The van der Waals surface area contributed by atoms with Crippen LogP contribution in [0.5, 0.6) is 0 Å². The smallest absolute Gasteiger partial charge is 0.352 e. The molecule has 7 aliphatic rings. The number of hydrogen-bond acceptors (Lipinski definition) is 26. The van der Waals surface area contributed by atoms with Gasteiger partial charge in [-0.05, 0) is 149 Å². The molecule has 7 saturated heterocycles. The topological polar surface area (TPSA) is 339 Å². The van der Waals surface area contributed by atoms with Gasteiger partial charge in [-0.25, -0.2) is 0 Å². The van der Waals surface area contributed by atoms with Crippen LogP contribution in [0.25, 0.3) is 0 Å². The molecule has 29 heteroatoms. The van der Waals surface area contributed by atoms with Gasteiger partial charge in [0.1, 0.15) is 60.0 Å². The van der Waals surface area contributed by atoms with Crippen molar-refractivity contribution < 1.29 is 253 Å². The number of fused-ring (bicyclic) bond motifs is 2. The van der Waals surface area contributed by atoms with Crippen molar-refractivity contribution in [3.05, 3.63) is 0 Å². The Morgan fingerprint density at radius 2 is 0.857 bits per heavy atom. The maximum absolute atomic E-state index is 14.2. The third-order valence-corrected chi connectivity index (χ3v) is 24.5. The molecule has 0 spiro atoms. The number of aliphatic hydroxyl groups is 7. The molecule has 0 aromatic rings. The van der Waals surface area contributed by atoms with E-state index in [-0.39, 0.29) is 205 Å². The summed E-state index contributed by atoms with van der Waals surface area (Å²) in [6, 6.07) is 0. The van der Waals surface area contributed by atoms with Crippen LogP contribution in [0.2, 0.25) is 0 Å². The number of cyclic esters (lactones) is 2. The normalized spacial score (nSPS) is 48.0. The van der Waals surface area contributed by atoms with Crippen LogP contribution in [0.15, 0.2) is 0 Å². The van der Waals surface area contributed by atoms with Crippen molar-refractivity contribution in [2.24, 2.45) is 75.9 Å². The van der Waals surface area contributed by atoms with E-state index in [0.717, 1.165) is 0 Å². The van der Waals surface area contributed by atoms with E-state index < -0.39 is 197 Å². The summed E-state index contributed by atoms with van der Waals surface area (Å²) in [5.74, 6) is -6.52. The Bertz CT molecular complexity index is 2730. The number of carbonyl (C=O) groups excluding carboxylic acids is 4. The fourth-order valence-electron chi connectivity index (χ4n) is 18.2. The first-order valence-corrected chi connectivity index (χ1v) is 38.1. The van der Waals surface area contributed by atoms with Gasteiger partial charge < -0.3 is 102 Å². The second-order valence-electron chi connectivity index (χ2n) is 34.5. The molecule has 0 aromatic heterocycles. The minimum absolute atomic E-state index is 0. The molecule has 25 nitrogen and oxygen atoms in total. The first-order chi connectivity index (χ1) is 47.0. The Kier molecular flexibility index (Phi) is 39.6. The summed E-state index contributed by atoms with van der Waals surface area (Å²) in [7, 11) is 0. The van der Waals surface area contributed by atoms with Crippen LogP contribution in [-0.4, -0.2) is 217 Å². The number of ether oxygens (including phenoxy) is 14. The Hall–Kier alpha value is 1.29. The SMILES string of the molecule is CC[C@H]1OC(=O)[C@H](C)[C@@H](OC2CC(C)(C)[C@@H](O)[C@H](C)O2)[C@H](C)[C@@H](O[C@@H]2O[C@H](C)C[C@H](C)[C@H]2O)[C@@](C)(O)C[C@@H](C)C2OC(=S)O[C@H]([C@H]2C)[C@]1(C)O.CC[C@H]1OC(=O)[C@H](C)[C@@H](OC2CC(C)(C)[C@@H](OC=O)[C@H](C)O2)[C@H](C)[C@@H](O[C@@H]2O[C@H](C)C[C@H](C)[C@H]2O)[C@@](C)(O)C[C@@H](C)[C@@H](C)[C@H](C)[C@@H](OC=O)[C@]1(C)O.[Ac].[Ac].[Ac].